The summed E-state index contributed by atoms with van der Waals surface area (Å²) in [4.78, 5) is 12.0. The highest BCUT2D eigenvalue weighted by Crippen LogP contribution is 2.23. The molecule has 0 spiro atoms. The van der Waals surface area contributed by atoms with Gasteiger partial charge in [-0.15, -0.1) is 0 Å². The number of hydrogen-bond acceptors (Lipinski definition) is 4. The molecule has 1 aliphatic rings. The number of benzene rings is 1. The van der Waals surface area contributed by atoms with E-state index in [0.29, 0.717) is 18.6 Å². The summed E-state index contributed by atoms with van der Waals surface area (Å²) in [5.41, 5.74) is 2.27. The molecule has 1 heterocycles. The first-order valence-corrected chi connectivity index (χ1v) is 8.30. The van der Waals surface area contributed by atoms with Crippen molar-refractivity contribution in [2.45, 2.75) is 44.4 Å². The number of hydrogen-bond donors (Lipinski definition) is 3. The van der Waals surface area contributed by atoms with Gasteiger partial charge in [-0.2, -0.15) is 0 Å². The monoisotopic (exact) mass is 332 g/mol. The smallest absolute Gasteiger partial charge is 0.258 e. The van der Waals surface area contributed by atoms with Crippen molar-refractivity contribution in [1.29, 1.82) is 0 Å². The topological polar surface area (TPSA) is 83.7 Å². The lowest BCUT2D eigenvalue weighted by atomic mass is 9.90. The lowest BCUT2D eigenvalue weighted by Gasteiger charge is -2.32. The second-order valence-electron chi connectivity index (χ2n) is 6.52. The Morgan fingerprint density at radius 1 is 1.33 bits per heavy atom. The summed E-state index contributed by atoms with van der Waals surface area (Å²) >= 11 is 0. The van der Waals surface area contributed by atoms with Gasteiger partial charge in [0.25, 0.3) is 5.91 Å². The number of aryl methyl sites for hydroxylation is 2. The third-order valence-electron chi connectivity index (χ3n) is 4.79. The van der Waals surface area contributed by atoms with Gasteiger partial charge >= 0.3 is 0 Å². The Kier molecular flexibility index (Phi) is 4.78. The Labute approximate surface area is 141 Å². The van der Waals surface area contributed by atoms with E-state index < -0.39 is 18.2 Å². The zero-order valence-corrected chi connectivity index (χ0v) is 14.0. The SMILES string of the molecule is Cc1cc2cc(OCC(=O)N[C@@H]3CCC[C@@H](O)[C@@H]3O)ccc2n1C. The van der Waals surface area contributed by atoms with Gasteiger partial charge in [-0.05, 0) is 50.5 Å². The molecule has 0 radical (unpaired) electrons. The number of carbonyl (C=O) groups is 1. The van der Waals surface area contributed by atoms with Crippen LogP contribution in [0.4, 0.5) is 0 Å². The van der Waals surface area contributed by atoms with Crippen LogP contribution < -0.4 is 10.1 Å². The molecule has 6 nitrogen and oxygen atoms in total. The summed E-state index contributed by atoms with van der Waals surface area (Å²) in [7, 11) is 2.01. The van der Waals surface area contributed by atoms with Gasteiger partial charge in [0, 0.05) is 23.6 Å². The molecule has 1 amide bonds. The van der Waals surface area contributed by atoms with Crippen LogP contribution >= 0.6 is 0 Å². The number of fused-ring (bicyclic) bond motifs is 1. The lowest BCUT2D eigenvalue weighted by Crippen LogP contribution is -2.51. The van der Waals surface area contributed by atoms with Crippen LogP contribution in [0.5, 0.6) is 5.75 Å². The first-order valence-electron chi connectivity index (χ1n) is 8.30. The fourth-order valence-corrected chi connectivity index (χ4v) is 3.27. The quantitative estimate of drug-likeness (QED) is 0.787. The average Bonchev–Trinajstić information content (AvgIpc) is 2.84. The summed E-state index contributed by atoms with van der Waals surface area (Å²) in [6, 6.07) is 7.38. The first-order chi connectivity index (χ1) is 11.5. The van der Waals surface area contributed by atoms with Gasteiger partial charge in [0.2, 0.25) is 0 Å². The molecule has 1 fully saturated rings. The molecule has 1 aliphatic carbocycles. The van der Waals surface area contributed by atoms with E-state index in [2.05, 4.69) is 16.0 Å². The Balaban J connectivity index is 1.58. The maximum Gasteiger partial charge on any atom is 0.258 e. The minimum absolute atomic E-state index is 0.114. The van der Waals surface area contributed by atoms with E-state index in [-0.39, 0.29) is 12.5 Å². The molecule has 1 aromatic heterocycles. The van der Waals surface area contributed by atoms with Gasteiger partial charge in [0.05, 0.1) is 18.2 Å². The van der Waals surface area contributed by atoms with Crippen molar-refractivity contribution in [1.82, 2.24) is 9.88 Å². The normalized spacial score (nSPS) is 24.1. The number of amides is 1. The molecule has 0 aliphatic heterocycles. The van der Waals surface area contributed by atoms with Crippen molar-refractivity contribution in [2.24, 2.45) is 7.05 Å². The van der Waals surface area contributed by atoms with Crippen molar-refractivity contribution in [2.75, 3.05) is 6.61 Å². The van der Waals surface area contributed by atoms with Crippen LogP contribution in [0, 0.1) is 6.92 Å². The van der Waals surface area contributed by atoms with Crippen LogP contribution in [-0.4, -0.2) is 45.5 Å². The minimum Gasteiger partial charge on any atom is -0.484 e. The number of carbonyl (C=O) groups excluding carboxylic acids is 1. The summed E-state index contributed by atoms with van der Waals surface area (Å²) < 4.78 is 7.66. The van der Waals surface area contributed by atoms with Crippen LogP contribution in [0.1, 0.15) is 25.0 Å². The summed E-state index contributed by atoms with van der Waals surface area (Å²) in [6.07, 6.45) is 0.341. The van der Waals surface area contributed by atoms with Crippen LogP contribution in [0.2, 0.25) is 0 Å². The van der Waals surface area contributed by atoms with Crippen molar-refractivity contribution in [3.63, 3.8) is 0 Å². The van der Waals surface area contributed by atoms with E-state index in [9.17, 15) is 15.0 Å². The Morgan fingerprint density at radius 3 is 2.92 bits per heavy atom. The molecule has 0 unspecified atom stereocenters. The van der Waals surface area contributed by atoms with Crippen molar-refractivity contribution in [3.8, 4) is 5.75 Å². The molecule has 1 aromatic carbocycles. The van der Waals surface area contributed by atoms with Gasteiger partial charge in [-0.3, -0.25) is 4.79 Å². The molecule has 1 saturated carbocycles. The molecular weight excluding hydrogens is 308 g/mol. The first kappa shape index (κ1) is 16.8. The fraction of sp³-hybridized carbons (Fsp3) is 0.500. The van der Waals surface area contributed by atoms with E-state index in [1.807, 2.05) is 32.2 Å². The molecule has 130 valence electrons. The average molecular weight is 332 g/mol. The number of aliphatic hydroxyl groups excluding tert-OH is 2. The zero-order chi connectivity index (χ0) is 17.3. The molecule has 2 aromatic rings. The number of nitrogens with one attached hydrogen (secondary N) is 1. The molecule has 0 saturated heterocycles. The zero-order valence-electron chi connectivity index (χ0n) is 14.0. The summed E-state index contributed by atoms with van der Waals surface area (Å²) in [5.74, 6) is 0.338. The summed E-state index contributed by atoms with van der Waals surface area (Å²) in [6.45, 7) is 1.93. The molecule has 3 atom stereocenters. The molecule has 0 bridgehead atoms. The van der Waals surface area contributed by atoms with Crippen LogP contribution in [-0.2, 0) is 11.8 Å². The number of aliphatic hydroxyl groups is 2. The predicted octanol–water partition coefficient (Wildman–Crippen LogP) is 1.26. The van der Waals surface area contributed by atoms with Gasteiger partial charge < -0.3 is 24.8 Å². The maximum atomic E-state index is 12.0. The third-order valence-corrected chi connectivity index (χ3v) is 4.79. The van der Waals surface area contributed by atoms with Crippen LogP contribution in [0.15, 0.2) is 24.3 Å². The van der Waals surface area contributed by atoms with E-state index in [1.165, 1.54) is 0 Å². The highest BCUT2D eigenvalue weighted by Gasteiger charge is 2.31. The Morgan fingerprint density at radius 2 is 2.12 bits per heavy atom. The fourth-order valence-electron chi connectivity index (χ4n) is 3.27. The standard InChI is InChI=1S/C18H24N2O4/c1-11-8-12-9-13(6-7-15(12)20(11)2)24-10-17(22)19-14-4-3-5-16(21)18(14)23/h6-9,14,16,18,21,23H,3-5,10H2,1-2H3,(H,19,22)/t14-,16-,18-/m1/s1. The number of aromatic nitrogens is 1. The number of nitrogens with zero attached hydrogens (tertiary/aromatic N) is 1. The van der Waals surface area contributed by atoms with Gasteiger partial charge in [0.15, 0.2) is 6.61 Å². The largest absolute Gasteiger partial charge is 0.484 e. The van der Waals surface area contributed by atoms with E-state index in [1.54, 1.807) is 0 Å². The highest BCUT2D eigenvalue weighted by molar-refractivity contribution is 5.83. The molecule has 3 N–H and O–H groups in total. The Bertz CT molecular complexity index is 740. The molecule has 3 rings (SSSR count). The Hall–Kier alpha value is -2.05. The van der Waals surface area contributed by atoms with E-state index in [4.69, 9.17) is 4.74 Å². The third kappa shape index (κ3) is 3.39. The second kappa shape index (κ2) is 6.83. The van der Waals surface area contributed by atoms with Gasteiger partial charge in [-0.25, -0.2) is 0 Å². The molecule has 6 heteroatoms. The predicted molar refractivity (Wildman–Crippen MR) is 90.9 cm³/mol. The van der Waals surface area contributed by atoms with Crippen LogP contribution in [0.25, 0.3) is 10.9 Å². The highest BCUT2D eigenvalue weighted by atomic mass is 16.5. The van der Waals surface area contributed by atoms with Crippen molar-refractivity contribution in [3.05, 3.63) is 30.0 Å². The number of rotatable bonds is 4. The second-order valence-corrected chi connectivity index (χ2v) is 6.52. The lowest BCUT2D eigenvalue weighted by molar-refractivity contribution is -0.126. The summed E-state index contributed by atoms with van der Waals surface area (Å²) in [5, 5.41) is 23.4. The minimum atomic E-state index is -0.911. The van der Waals surface area contributed by atoms with E-state index >= 15 is 0 Å². The molecule has 24 heavy (non-hydrogen) atoms. The molecular formula is C18H24N2O4. The number of ether oxygens (including phenoxy) is 1. The van der Waals surface area contributed by atoms with Gasteiger partial charge in [0.1, 0.15) is 5.75 Å². The van der Waals surface area contributed by atoms with Crippen molar-refractivity contribution >= 4 is 16.8 Å². The van der Waals surface area contributed by atoms with Gasteiger partial charge in [-0.1, -0.05) is 0 Å². The maximum absolute atomic E-state index is 12.0. The van der Waals surface area contributed by atoms with E-state index in [0.717, 1.165) is 23.0 Å². The van der Waals surface area contributed by atoms with Crippen molar-refractivity contribution < 1.29 is 19.7 Å². The van der Waals surface area contributed by atoms with Crippen LogP contribution in [0.3, 0.4) is 0 Å².